The van der Waals surface area contributed by atoms with Gasteiger partial charge in [0.15, 0.2) is 10.9 Å². The Morgan fingerprint density at radius 1 is 0.970 bits per heavy atom. The Balaban J connectivity index is 1.69. The Morgan fingerprint density at radius 2 is 1.70 bits per heavy atom. The molecule has 0 spiro atoms. The molecular formula is C26H23N3O3S. The second kappa shape index (κ2) is 9.42. The van der Waals surface area contributed by atoms with Crippen LogP contribution in [-0.2, 0) is 4.79 Å². The minimum atomic E-state index is -0.289. The predicted molar refractivity (Wildman–Crippen MR) is 133 cm³/mol. The van der Waals surface area contributed by atoms with Gasteiger partial charge in [-0.3, -0.25) is 19.0 Å². The topological polar surface area (TPSA) is 81.1 Å². The summed E-state index contributed by atoms with van der Waals surface area (Å²) < 4.78 is 1.55. The molecule has 7 heteroatoms. The van der Waals surface area contributed by atoms with E-state index in [0.29, 0.717) is 33.0 Å². The first-order valence-electron chi connectivity index (χ1n) is 10.5. The van der Waals surface area contributed by atoms with Crippen LogP contribution in [0.4, 0.5) is 5.69 Å². The van der Waals surface area contributed by atoms with Crippen molar-refractivity contribution >= 4 is 40.0 Å². The monoisotopic (exact) mass is 457 g/mol. The third kappa shape index (κ3) is 4.73. The molecule has 0 saturated heterocycles. The minimum absolute atomic E-state index is 0.0296. The van der Waals surface area contributed by atoms with Gasteiger partial charge in [0.25, 0.3) is 5.56 Å². The van der Waals surface area contributed by atoms with Crippen molar-refractivity contribution in [2.24, 2.45) is 0 Å². The van der Waals surface area contributed by atoms with E-state index in [4.69, 9.17) is 0 Å². The van der Waals surface area contributed by atoms with E-state index in [-0.39, 0.29) is 23.0 Å². The number of thioether (sulfide) groups is 1. The number of para-hydroxylation sites is 2. The number of amides is 1. The number of fused-ring (bicyclic) bond motifs is 1. The molecule has 1 heterocycles. The molecular weight excluding hydrogens is 434 g/mol. The summed E-state index contributed by atoms with van der Waals surface area (Å²) in [5.74, 6) is -0.386. The van der Waals surface area contributed by atoms with Gasteiger partial charge in [0.05, 0.1) is 28.0 Å². The number of nitrogens with zero attached hydrogens (tertiary/aromatic N) is 2. The summed E-state index contributed by atoms with van der Waals surface area (Å²) in [7, 11) is 0. The second-order valence-electron chi connectivity index (χ2n) is 7.76. The summed E-state index contributed by atoms with van der Waals surface area (Å²) in [5, 5.41) is 3.74. The van der Waals surface area contributed by atoms with Crippen LogP contribution < -0.4 is 10.9 Å². The fraction of sp³-hybridized carbons (Fsp3) is 0.154. The zero-order valence-corrected chi connectivity index (χ0v) is 19.4. The lowest BCUT2D eigenvalue weighted by Gasteiger charge is -2.15. The van der Waals surface area contributed by atoms with Crippen molar-refractivity contribution in [3.8, 4) is 5.69 Å². The first kappa shape index (κ1) is 22.5. The van der Waals surface area contributed by atoms with Crippen LogP contribution in [-0.4, -0.2) is 27.0 Å². The zero-order valence-electron chi connectivity index (χ0n) is 18.6. The highest BCUT2D eigenvalue weighted by atomic mass is 32.2. The molecule has 33 heavy (non-hydrogen) atoms. The number of aryl methyl sites for hydroxylation is 2. The van der Waals surface area contributed by atoms with Crippen molar-refractivity contribution < 1.29 is 9.59 Å². The van der Waals surface area contributed by atoms with Crippen molar-refractivity contribution in [2.75, 3.05) is 11.1 Å². The predicted octanol–water partition coefficient (Wildman–Crippen LogP) is 4.94. The van der Waals surface area contributed by atoms with E-state index >= 15 is 0 Å². The number of carbonyl (C=O) groups excluding carboxylic acids is 2. The number of anilines is 1. The van der Waals surface area contributed by atoms with Gasteiger partial charge in [-0.15, -0.1) is 0 Å². The molecule has 3 aromatic carbocycles. The molecule has 4 aromatic rings. The molecule has 166 valence electrons. The summed E-state index contributed by atoms with van der Waals surface area (Å²) in [6.45, 7) is 5.46. The number of ketones is 1. The largest absolute Gasteiger partial charge is 0.325 e. The van der Waals surface area contributed by atoms with Gasteiger partial charge in [0.1, 0.15) is 0 Å². The number of benzene rings is 3. The van der Waals surface area contributed by atoms with Crippen LogP contribution in [0.25, 0.3) is 16.6 Å². The lowest BCUT2D eigenvalue weighted by molar-refractivity contribution is -0.113. The van der Waals surface area contributed by atoms with Crippen molar-refractivity contribution in [2.45, 2.75) is 25.9 Å². The van der Waals surface area contributed by atoms with E-state index in [1.54, 1.807) is 41.0 Å². The maximum Gasteiger partial charge on any atom is 0.266 e. The number of nitrogens with one attached hydrogen (secondary N) is 1. The highest BCUT2D eigenvalue weighted by Gasteiger charge is 2.16. The van der Waals surface area contributed by atoms with E-state index in [1.165, 1.54) is 18.7 Å². The highest BCUT2D eigenvalue weighted by Crippen LogP contribution is 2.23. The van der Waals surface area contributed by atoms with Gasteiger partial charge in [-0.05, 0) is 68.3 Å². The number of carbonyl (C=O) groups is 2. The fourth-order valence-electron chi connectivity index (χ4n) is 3.52. The SMILES string of the molecule is CC(=O)c1ccccc1NC(=O)CSc1nc2ccccc2c(=O)n1-c1ccc(C)c(C)c1. The normalized spacial score (nSPS) is 10.9. The lowest BCUT2D eigenvalue weighted by Crippen LogP contribution is -2.23. The van der Waals surface area contributed by atoms with Crippen molar-refractivity contribution in [1.82, 2.24) is 9.55 Å². The minimum Gasteiger partial charge on any atom is -0.325 e. The van der Waals surface area contributed by atoms with Gasteiger partial charge in [-0.25, -0.2) is 4.98 Å². The molecule has 0 saturated carbocycles. The molecule has 0 bridgehead atoms. The molecule has 0 radical (unpaired) electrons. The summed E-state index contributed by atoms with van der Waals surface area (Å²) in [6, 6.07) is 19.8. The van der Waals surface area contributed by atoms with Crippen molar-refractivity contribution in [3.63, 3.8) is 0 Å². The number of Topliss-reactive ketones (excluding diaryl/α,β-unsaturated/α-hetero) is 1. The molecule has 0 unspecified atom stereocenters. The third-order valence-corrected chi connectivity index (χ3v) is 6.35. The van der Waals surface area contributed by atoms with E-state index in [1.807, 2.05) is 44.2 Å². The van der Waals surface area contributed by atoms with Crippen LogP contribution >= 0.6 is 11.8 Å². The molecule has 6 nitrogen and oxygen atoms in total. The van der Waals surface area contributed by atoms with Gasteiger partial charge in [0.2, 0.25) is 5.91 Å². The summed E-state index contributed by atoms with van der Waals surface area (Å²) in [6.07, 6.45) is 0. The Hall–Kier alpha value is -3.71. The highest BCUT2D eigenvalue weighted by molar-refractivity contribution is 7.99. The van der Waals surface area contributed by atoms with Crippen molar-refractivity contribution in [1.29, 1.82) is 0 Å². The van der Waals surface area contributed by atoms with Gasteiger partial charge >= 0.3 is 0 Å². The summed E-state index contributed by atoms with van der Waals surface area (Å²) >= 11 is 1.18. The Kier molecular flexibility index (Phi) is 6.42. The van der Waals surface area contributed by atoms with Crippen LogP contribution in [0.3, 0.4) is 0 Å². The van der Waals surface area contributed by atoms with Crippen molar-refractivity contribution in [3.05, 3.63) is 93.8 Å². The fourth-order valence-corrected chi connectivity index (χ4v) is 4.33. The first-order valence-corrected chi connectivity index (χ1v) is 11.5. The van der Waals surface area contributed by atoms with Gasteiger partial charge in [0, 0.05) is 5.56 Å². The standard InChI is InChI=1S/C26H23N3O3S/c1-16-12-13-19(14-17(16)2)29-25(32)21-9-5-7-11-23(21)28-26(29)33-15-24(31)27-22-10-6-4-8-20(22)18(3)30/h4-14H,15H2,1-3H3,(H,27,31). The van der Waals surface area contributed by atoms with Crippen LogP contribution in [0.15, 0.2) is 76.7 Å². The van der Waals surface area contributed by atoms with Crippen LogP contribution in [0, 0.1) is 13.8 Å². The number of rotatable bonds is 6. The van der Waals surface area contributed by atoms with E-state index in [0.717, 1.165) is 11.1 Å². The van der Waals surface area contributed by atoms with Gasteiger partial charge < -0.3 is 5.32 Å². The Morgan fingerprint density at radius 3 is 2.45 bits per heavy atom. The average Bonchev–Trinajstić information content (AvgIpc) is 2.80. The third-order valence-electron chi connectivity index (χ3n) is 5.41. The first-order chi connectivity index (χ1) is 15.8. The van der Waals surface area contributed by atoms with E-state index < -0.39 is 0 Å². The Bertz CT molecular complexity index is 1440. The van der Waals surface area contributed by atoms with E-state index in [2.05, 4.69) is 10.3 Å². The number of aromatic nitrogens is 2. The van der Waals surface area contributed by atoms with Crippen LogP contribution in [0.2, 0.25) is 0 Å². The Labute approximate surface area is 195 Å². The molecule has 0 aliphatic rings. The molecule has 1 N–H and O–H groups in total. The van der Waals surface area contributed by atoms with Gasteiger partial charge in [-0.1, -0.05) is 42.1 Å². The maximum absolute atomic E-state index is 13.4. The molecule has 0 fully saturated rings. The summed E-state index contributed by atoms with van der Waals surface area (Å²) in [5.41, 5.74) is 4.19. The molecule has 0 atom stereocenters. The van der Waals surface area contributed by atoms with Gasteiger partial charge in [-0.2, -0.15) is 0 Å². The second-order valence-corrected chi connectivity index (χ2v) is 8.70. The molecule has 1 amide bonds. The molecule has 0 aliphatic carbocycles. The zero-order chi connectivity index (χ0) is 23.5. The van der Waals surface area contributed by atoms with E-state index in [9.17, 15) is 14.4 Å². The summed E-state index contributed by atoms with van der Waals surface area (Å²) in [4.78, 5) is 42.6. The van der Waals surface area contributed by atoms with Crippen LogP contribution in [0.5, 0.6) is 0 Å². The lowest BCUT2D eigenvalue weighted by atomic mass is 10.1. The molecule has 1 aromatic heterocycles. The molecule has 4 rings (SSSR count). The van der Waals surface area contributed by atoms with Crippen LogP contribution in [0.1, 0.15) is 28.4 Å². The quantitative estimate of drug-likeness (QED) is 0.252. The average molecular weight is 458 g/mol. The molecule has 0 aliphatic heterocycles. The number of hydrogen-bond acceptors (Lipinski definition) is 5. The maximum atomic E-state index is 13.4. The smallest absolute Gasteiger partial charge is 0.266 e. The number of hydrogen-bond donors (Lipinski definition) is 1.